The summed E-state index contributed by atoms with van der Waals surface area (Å²) in [5, 5.41) is 0. The fraction of sp³-hybridized carbons (Fsp3) is 0.912. The number of allylic oxidation sites excluding steroid dienone is 4. The average molecular weight is 1120 g/mol. The van der Waals surface area contributed by atoms with E-state index in [0.29, 0.717) is 6.42 Å². The van der Waals surface area contributed by atoms with Crippen molar-refractivity contribution in [1.29, 1.82) is 0 Å². The van der Waals surface area contributed by atoms with Gasteiger partial charge in [0.2, 0.25) is 0 Å². The van der Waals surface area contributed by atoms with E-state index in [9.17, 15) is 19.0 Å². The highest BCUT2D eigenvalue weighted by Gasteiger charge is 2.26. The highest BCUT2D eigenvalue weighted by molar-refractivity contribution is 7.47. The van der Waals surface area contributed by atoms with Crippen molar-refractivity contribution in [3.8, 4) is 0 Å². The predicted octanol–water partition coefficient (Wildman–Crippen LogP) is 22.1. The first-order valence-electron chi connectivity index (χ1n) is 34.3. The van der Waals surface area contributed by atoms with Crippen LogP contribution in [0.4, 0.5) is 0 Å². The van der Waals surface area contributed by atoms with Crippen molar-refractivity contribution >= 4 is 19.8 Å². The summed E-state index contributed by atoms with van der Waals surface area (Å²) in [6.07, 6.45) is 78.4. The Balaban J connectivity index is 3.83. The molecule has 0 saturated heterocycles. The fourth-order valence-corrected chi connectivity index (χ4v) is 11.3. The van der Waals surface area contributed by atoms with Gasteiger partial charge in [0.25, 0.3) is 0 Å². The van der Waals surface area contributed by atoms with Crippen LogP contribution in [0.15, 0.2) is 24.3 Å². The summed E-state index contributed by atoms with van der Waals surface area (Å²) in [7, 11) is -4.39. The lowest BCUT2D eigenvalue weighted by Crippen LogP contribution is -2.29. The van der Waals surface area contributed by atoms with Gasteiger partial charge in [-0.05, 0) is 44.9 Å². The summed E-state index contributed by atoms with van der Waals surface area (Å²) in [6.45, 7) is 3.81. The van der Waals surface area contributed by atoms with E-state index < -0.39 is 26.5 Å². The predicted molar refractivity (Wildman–Crippen MR) is 335 cm³/mol. The van der Waals surface area contributed by atoms with E-state index >= 15 is 0 Å². The smallest absolute Gasteiger partial charge is 0.462 e. The number of ether oxygens (including phenoxy) is 2. The van der Waals surface area contributed by atoms with Crippen LogP contribution >= 0.6 is 7.82 Å². The maximum atomic E-state index is 12.7. The van der Waals surface area contributed by atoms with Gasteiger partial charge in [-0.1, -0.05) is 334 Å². The third-order valence-electron chi connectivity index (χ3n) is 15.6. The fourth-order valence-electron chi connectivity index (χ4n) is 10.5. The number of hydrogen-bond donors (Lipinski definition) is 2. The Kier molecular flexibility index (Phi) is 63.4. The number of unbranched alkanes of at least 4 members (excludes halogenated alkanes) is 49. The molecular weight excluding hydrogens is 990 g/mol. The summed E-state index contributed by atoms with van der Waals surface area (Å²) in [5.41, 5.74) is 5.40. The van der Waals surface area contributed by atoms with Crippen LogP contribution in [-0.2, 0) is 32.7 Å². The van der Waals surface area contributed by atoms with Gasteiger partial charge in [-0.15, -0.1) is 0 Å². The second-order valence-electron chi connectivity index (χ2n) is 23.4. The van der Waals surface area contributed by atoms with Gasteiger partial charge in [0.15, 0.2) is 6.10 Å². The van der Waals surface area contributed by atoms with Crippen LogP contribution in [0.25, 0.3) is 0 Å². The number of carbonyl (C=O) groups excluding carboxylic acids is 2. The number of hydrogen-bond acceptors (Lipinski definition) is 8. The number of nitrogens with two attached hydrogens (primary N) is 1. The Bertz CT molecular complexity index is 1330. The molecule has 78 heavy (non-hydrogen) atoms. The van der Waals surface area contributed by atoms with Gasteiger partial charge >= 0.3 is 19.8 Å². The molecule has 0 aliphatic heterocycles. The van der Waals surface area contributed by atoms with Gasteiger partial charge in [-0.25, -0.2) is 4.57 Å². The summed E-state index contributed by atoms with van der Waals surface area (Å²) in [4.78, 5) is 35.3. The lowest BCUT2D eigenvalue weighted by Gasteiger charge is -2.19. The van der Waals surface area contributed by atoms with Gasteiger partial charge in [-0.2, -0.15) is 0 Å². The van der Waals surface area contributed by atoms with E-state index in [1.54, 1.807) is 0 Å². The Morgan fingerprint density at radius 3 is 0.974 bits per heavy atom. The molecule has 462 valence electrons. The first-order valence-corrected chi connectivity index (χ1v) is 35.8. The van der Waals surface area contributed by atoms with Crippen LogP contribution in [0, 0.1) is 0 Å². The third-order valence-corrected chi connectivity index (χ3v) is 16.6. The first kappa shape index (κ1) is 76.5. The molecule has 0 heterocycles. The molecule has 3 N–H and O–H groups in total. The molecule has 0 aliphatic rings. The van der Waals surface area contributed by atoms with E-state index in [1.807, 2.05) is 0 Å². The van der Waals surface area contributed by atoms with Crippen molar-refractivity contribution in [3.05, 3.63) is 24.3 Å². The van der Waals surface area contributed by atoms with E-state index in [2.05, 4.69) is 38.2 Å². The largest absolute Gasteiger partial charge is 0.472 e. The van der Waals surface area contributed by atoms with Crippen molar-refractivity contribution < 1.29 is 37.6 Å². The number of rotatable bonds is 66. The molecule has 0 aromatic heterocycles. The van der Waals surface area contributed by atoms with E-state index in [1.165, 1.54) is 295 Å². The van der Waals surface area contributed by atoms with Crippen LogP contribution in [-0.4, -0.2) is 49.3 Å². The zero-order valence-electron chi connectivity index (χ0n) is 51.9. The first-order chi connectivity index (χ1) is 38.3. The molecule has 2 atom stereocenters. The Labute approximate surface area is 484 Å². The van der Waals surface area contributed by atoms with E-state index in [4.69, 9.17) is 24.3 Å². The molecule has 0 aromatic carbocycles. The monoisotopic (exact) mass is 1120 g/mol. The molecule has 0 spiro atoms. The number of phosphoric ester groups is 1. The number of carbonyl (C=O) groups is 2. The molecular formula is C68H132NO8P. The van der Waals surface area contributed by atoms with Gasteiger partial charge < -0.3 is 20.1 Å². The maximum Gasteiger partial charge on any atom is 0.472 e. The van der Waals surface area contributed by atoms with Crippen molar-refractivity contribution in [1.82, 2.24) is 0 Å². The quantitative estimate of drug-likeness (QED) is 0.0264. The van der Waals surface area contributed by atoms with Crippen molar-refractivity contribution in [3.63, 3.8) is 0 Å². The molecule has 0 rings (SSSR count). The van der Waals surface area contributed by atoms with Gasteiger partial charge in [-0.3, -0.25) is 18.6 Å². The van der Waals surface area contributed by atoms with Crippen LogP contribution in [0.2, 0.25) is 0 Å². The lowest BCUT2D eigenvalue weighted by molar-refractivity contribution is -0.161. The maximum absolute atomic E-state index is 12.7. The second-order valence-corrected chi connectivity index (χ2v) is 24.9. The Morgan fingerprint density at radius 2 is 0.667 bits per heavy atom. The van der Waals surface area contributed by atoms with E-state index in [0.717, 1.165) is 38.5 Å². The lowest BCUT2D eigenvalue weighted by atomic mass is 10.0. The minimum absolute atomic E-state index is 0.0564. The highest BCUT2D eigenvalue weighted by Crippen LogP contribution is 2.43. The molecule has 2 unspecified atom stereocenters. The summed E-state index contributed by atoms with van der Waals surface area (Å²) < 4.78 is 33.2. The molecule has 0 aliphatic carbocycles. The van der Waals surface area contributed by atoms with Crippen molar-refractivity contribution in [2.24, 2.45) is 5.73 Å². The molecule has 0 radical (unpaired) electrons. The minimum atomic E-state index is -4.39. The summed E-state index contributed by atoms with van der Waals surface area (Å²) in [6, 6.07) is 0. The van der Waals surface area contributed by atoms with Crippen LogP contribution in [0.1, 0.15) is 367 Å². The normalized spacial score (nSPS) is 13.0. The third kappa shape index (κ3) is 63.7. The zero-order chi connectivity index (χ0) is 56.6. The SMILES string of the molecule is CCCCCCC/C=C\C/C=C\CCCCCCCCCCCCCCCCCC(=O)OC(COC(=O)CCCCCCCCCCCCCCCCCCCCCCCCCCCCCCCC)COP(=O)(O)OCCN. The Hall–Kier alpha value is -1.51. The van der Waals surface area contributed by atoms with E-state index in [-0.39, 0.29) is 38.6 Å². The molecule has 0 bridgehead atoms. The van der Waals surface area contributed by atoms with Gasteiger partial charge in [0.05, 0.1) is 13.2 Å². The van der Waals surface area contributed by atoms with Gasteiger partial charge in [0, 0.05) is 19.4 Å². The second kappa shape index (κ2) is 64.7. The van der Waals surface area contributed by atoms with Crippen LogP contribution in [0.5, 0.6) is 0 Å². The molecule has 0 amide bonds. The Morgan fingerprint density at radius 1 is 0.385 bits per heavy atom. The van der Waals surface area contributed by atoms with Gasteiger partial charge in [0.1, 0.15) is 6.61 Å². The minimum Gasteiger partial charge on any atom is -0.462 e. The van der Waals surface area contributed by atoms with Crippen molar-refractivity contribution in [2.75, 3.05) is 26.4 Å². The molecule has 10 heteroatoms. The number of esters is 2. The molecule has 0 aromatic rings. The summed E-state index contributed by atoms with van der Waals surface area (Å²) in [5.74, 6) is -0.805. The highest BCUT2D eigenvalue weighted by atomic mass is 31.2. The molecule has 0 fully saturated rings. The summed E-state index contributed by atoms with van der Waals surface area (Å²) >= 11 is 0. The molecule has 0 saturated carbocycles. The topological polar surface area (TPSA) is 134 Å². The molecule has 9 nitrogen and oxygen atoms in total. The average Bonchev–Trinajstić information content (AvgIpc) is 3.43. The zero-order valence-corrected chi connectivity index (χ0v) is 52.8. The number of phosphoric acid groups is 1. The van der Waals surface area contributed by atoms with Crippen LogP contribution < -0.4 is 5.73 Å². The van der Waals surface area contributed by atoms with Crippen LogP contribution in [0.3, 0.4) is 0 Å². The standard InChI is InChI=1S/C68H132NO8P/c1-3-5-7-9-11-13-15-17-19-21-23-25-27-29-31-32-33-35-36-38-40-42-44-46-48-50-52-54-56-58-60-67(70)74-64-66(65-76-78(72,73)75-63-62-69)77-68(71)61-59-57-55-53-51-49-47-45-43-41-39-37-34-30-28-26-24-22-20-18-16-14-12-10-8-6-4-2/h16,18,22,24,66H,3-15,17,19-21,23,25-65,69H2,1-2H3,(H,72,73)/b18-16-,24-22-. The van der Waals surface area contributed by atoms with Crippen molar-refractivity contribution in [2.45, 2.75) is 373 Å².